The standard InChI is InChI=1S/C27H25BrN2O4/c1-4-34-22-10-5-18(15-21(22)16(2)3)25(31)23-24(17-11-13-29-14-12-17)30(27(33)26(23)32)20-8-6-19(28)7-9-20/h5-16,24,31H,4H2,1-3H3/b25-23-. The number of benzene rings is 2. The third-order valence-corrected chi connectivity index (χ3v) is 6.30. The van der Waals surface area contributed by atoms with E-state index < -0.39 is 17.7 Å². The lowest BCUT2D eigenvalue weighted by Gasteiger charge is -2.25. The van der Waals surface area contributed by atoms with Gasteiger partial charge in [-0.2, -0.15) is 0 Å². The number of aliphatic hydroxyl groups excluding tert-OH is 1. The van der Waals surface area contributed by atoms with Crippen molar-refractivity contribution < 1.29 is 19.4 Å². The number of nitrogens with zero attached hydrogens (tertiary/aromatic N) is 2. The Balaban J connectivity index is 1.91. The molecule has 1 aliphatic rings. The predicted octanol–water partition coefficient (Wildman–Crippen LogP) is 5.99. The van der Waals surface area contributed by atoms with Crippen LogP contribution in [0.25, 0.3) is 5.76 Å². The molecule has 1 unspecified atom stereocenters. The average Bonchev–Trinajstić information content (AvgIpc) is 3.10. The molecule has 1 amide bonds. The van der Waals surface area contributed by atoms with E-state index in [2.05, 4.69) is 20.9 Å². The van der Waals surface area contributed by atoms with Crippen LogP contribution in [0.1, 0.15) is 49.4 Å². The summed E-state index contributed by atoms with van der Waals surface area (Å²) >= 11 is 3.40. The molecule has 0 aliphatic carbocycles. The molecule has 4 rings (SSSR count). The molecule has 1 atom stereocenters. The minimum atomic E-state index is -0.793. The molecule has 0 spiro atoms. The lowest BCUT2D eigenvalue weighted by molar-refractivity contribution is -0.132. The first-order chi connectivity index (χ1) is 16.3. The van der Waals surface area contributed by atoms with Gasteiger partial charge in [0, 0.05) is 28.1 Å². The number of anilines is 1. The molecule has 0 saturated carbocycles. The van der Waals surface area contributed by atoms with Crippen LogP contribution in [0.2, 0.25) is 0 Å². The summed E-state index contributed by atoms with van der Waals surface area (Å²) in [5.74, 6) is -0.779. The summed E-state index contributed by atoms with van der Waals surface area (Å²) in [5.41, 5.74) is 2.64. The first kappa shape index (κ1) is 23.7. The molecule has 3 aromatic rings. The molecule has 0 radical (unpaired) electrons. The van der Waals surface area contributed by atoms with Crippen LogP contribution in [-0.4, -0.2) is 28.4 Å². The van der Waals surface area contributed by atoms with Crippen molar-refractivity contribution in [2.75, 3.05) is 11.5 Å². The summed E-state index contributed by atoms with van der Waals surface area (Å²) in [7, 11) is 0. The SMILES string of the molecule is CCOc1ccc(/C(O)=C2/C(=O)C(=O)N(c3ccc(Br)cc3)C2c2ccncc2)cc1C(C)C. The van der Waals surface area contributed by atoms with Gasteiger partial charge < -0.3 is 9.84 Å². The summed E-state index contributed by atoms with van der Waals surface area (Å²) in [6.45, 7) is 6.50. The Kier molecular flexibility index (Phi) is 6.84. The molecular formula is C27H25BrN2O4. The average molecular weight is 521 g/mol. The number of ether oxygens (including phenoxy) is 1. The number of amides is 1. The Labute approximate surface area is 207 Å². The monoisotopic (exact) mass is 520 g/mol. The first-order valence-electron chi connectivity index (χ1n) is 11.1. The fourth-order valence-electron chi connectivity index (χ4n) is 4.15. The van der Waals surface area contributed by atoms with Gasteiger partial charge in [0.25, 0.3) is 11.7 Å². The number of pyridine rings is 1. The fraction of sp³-hybridized carbons (Fsp3) is 0.222. The second-order valence-corrected chi connectivity index (χ2v) is 9.18. The van der Waals surface area contributed by atoms with Crippen molar-refractivity contribution in [2.45, 2.75) is 32.7 Å². The third-order valence-electron chi connectivity index (χ3n) is 5.78. The number of halogens is 1. The highest BCUT2D eigenvalue weighted by atomic mass is 79.9. The molecule has 0 bridgehead atoms. The van der Waals surface area contributed by atoms with Crippen molar-refractivity contribution in [3.8, 4) is 5.75 Å². The van der Waals surface area contributed by atoms with Crippen LogP contribution in [0.3, 0.4) is 0 Å². The van der Waals surface area contributed by atoms with Crippen LogP contribution < -0.4 is 9.64 Å². The van der Waals surface area contributed by atoms with Gasteiger partial charge in [0.05, 0.1) is 18.2 Å². The lowest BCUT2D eigenvalue weighted by atomic mass is 9.93. The summed E-state index contributed by atoms with van der Waals surface area (Å²) in [6.07, 6.45) is 3.20. The van der Waals surface area contributed by atoms with Crippen LogP contribution in [0.5, 0.6) is 5.75 Å². The molecule has 6 nitrogen and oxygen atoms in total. The molecule has 7 heteroatoms. The Morgan fingerprint density at radius 1 is 1.09 bits per heavy atom. The Hall–Kier alpha value is -3.45. The maximum absolute atomic E-state index is 13.3. The van der Waals surface area contributed by atoms with E-state index in [4.69, 9.17) is 4.74 Å². The molecule has 1 aromatic heterocycles. The summed E-state index contributed by atoms with van der Waals surface area (Å²) < 4.78 is 6.58. The van der Waals surface area contributed by atoms with Crippen molar-refractivity contribution in [2.24, 2.45) is 0 Å². The fourth-order valence-corrected chi connectivity index (χ4v) is 4.42. The predicted molar refractivity (Wildman–Crippen MR) is 135 cm³/mol. The number of carbonyl (C=O) groups is 2. The van der Waals surface area contributed by atoms with Gasteiger partial charge in [0.1, 0.15) is 11.5 Å². The van der Waals surface area contributed by atoms with Gasteiger partial charge in [-0.1, -0.05) is 29.8 Å². The zero-order valence-corrected chi connectivity index (χ0v) is 20.7. The molecule has 2 aromatic carbocycles. The number of hydrogen-bond acceptors (Lipinski definition) is 5. The first-order valence-corrected chi connectivity index (χ1v) is 11.9. The molecule has 1 N–H and O–H groups in total. The number of carbonyl (C=O) groups excluding carboxylic acids is 2. The van der Waals surface area contributed by atoms with Gasteiger partial charge in [-0.05, 0) is 78.6 Å². The quantitative estimate of drug-likeness (QED) is 0.245. The van der Waals surface area contributed by atoms with E-state index in [1.165, 1.54) is 4.90 Å². The van der Waals surface area contributed by atoms with Crippen LogP contribution in [-0.2, 0) is 9.59 Å². The zero-order chi connectivity index (χ0) is 24.4. The van der Waals surface area contributed by atoms with Crippen LogP contribution in [0.4, 0.5) is 5.69 Å². The van der Waals surface area contributed by atoms with Crippen LogP contribution in [0.15, 0.2) is 77.0 Å². The van der Waals surface area contributed by atoms with E-state index in [0.29, 0.717) is 23.4 Å². The summed E-state index contributed by atoms with van der Waals surface area (Å²) in [5, 5.41) is 11.4. The van der Waals surface area contributed by atoms with Gasteiger partial charge >= 0.3 is 0 Å². The highest BCUT2D eigenvalue weighted by molar-refractivity contribution is 9.10. The second kappa shape index (κ2) is 9.81. The van der Waals surface area contributed by atoms with Crippen molar-refractivity contribution in [1.82, 2.24) is 4.98 Å². The smallest absolute Gasteiger partial charge is 0.300 e. The van der Waals surface area contributed by atoms with E-state index in [0.717, 1.165) is 15.8 Å². The maximum atomic E-state index is 13.3. The number of rotatable bonds is 6. The highest BCUT2D eigenvalue weighted by Gasteiger charge is 2.47. The molecule has 1 aliphatic heterocycles. The van der Waals surface area contributed by atoms with E-state index in [9.17, 15) is 14.7 Å². The van der Waals surface area contributed by atoms with Gasteiger partial charge in [-0.3, -0.25) is 19.5 Å². The second-order valence-electron chi connectivity index (χ2n) is 8.27. The molecular weight excluding hydrogens is 496 g/mol. The Morgan fingerprint density at radius 3 is 2.38 bits per heavy atom. The maximum Gasteiger partial charge on any atom is 0.300 e. The Morgan fingerprint density at radius 2 is 1.76 bits per heavy atom. The van der Waals surface area contributed by atoms with Crippen molar-refractivity contribution in [1.29, 1.82) is 0 Å². The Bertz CT molecular complexity index is 1250. The molecule has 1 saturated heterocycles. The largest absolute Gasteiger partial charge is 0.507 e. The number of aromatic nitrogens is 1. The number of ketones is 1. The zero-order valence-electron chi connectivity index (χ0n) is 19.2. The van der Waals surface area contributed by atoms with Crippen LogP contribution in [0, 0.1) is 0 Å². The van der Waals surface area contributed by atoms with Crippen molar-refractivity contribution >= 4 is 39.1 Å². The van der Waals surface area contributed by atoms with Gasteiger partial charge in [-0.15, -0.1) is 0 Å². The van der Waals surface area contributed by atoms with E-state index in [1.54, 1.807) is 60.9 Å². The van der Waals surface area contributed by atoms with Gasteiger partial charge in [-0.25, -0.2) is 0 Å². The minimum absolute atomic E-state index is 0.0398. The topological polar surface area (TPSA) is 79.7 Å². The number of aliphatic hydroxyl groups is 1. The van der Waals surface area contributed by atoms with E-state index in [-0.39, 0.29) is 17.3 Å². The highest BCUT2D eigenvalue weighted by Crippen LogP contribution is 2.42. The molecule has 1 fully saturated rings. The van der Waals surface area contributed by atoms with E-state index >= 15 is 0 Å². The van der Waals surface area contributed by atoms with Gasteiger partial charge in [0.15, 0.2) is 0 Å². The third kappa shape index (κ3) is 4.35. The van der Waals surface area contributed by atoms with Crippen molar-refractivity contribution in [3.63, 3.8) is 0 Å². The van der Waals surface area contributed by atoms with Gasteiger partial charge in [0.2, 0.25) is 0 Å². The molecule has 2 heterocycles. The summed E-state index contributed by atoms with van der Waals surface area (Å²) in [4.78, 5) is 32.0. The van der Waals surface area contributed by atoms with E-state index in [1.807, 2.05) is 26.8 Å². The normalized spacial score (nSPS) is 17.4. The van der Waals surface area contributed by atoms with Crippen LogP contribution >= 0.6 is 15.9 Å². The molecule has 34 heavy (non-hydrogen) atoms. The molecule has 174 valence electrons. The van der Waals surface area contributed by atoms with Crippen molar-refractivity contribution in [3.05, 3.63) is 93.7 Å². The summed E-state index contributed by atoms with van der Waals surface area (Å²) in [6, 6.07) is 15.2. The lowest BCUT2D eigenvalue weighted by Crippen LogP contribution is -2.29. The number of Topliss-reactive ketones (excluding diaryl/α,β-unsaturated/α-hetero) is 1. The minimum Gasteiger partial charge on any atom is -0.507 e. The number of hydrogen-bond donors (Lipinski definition) is 1.